The number of carbonyl (C=O) groups is 3. The van der Waals surface area contributed by atoms with Crippen molar-refractivity contribution >= 4 is 17.8 Å². The van der Waals surface area contributed by atoms with Crippen LogP contribution < -0.4 is 10.6 Å². The van der Waals surface area contributed by atoms with Crippen LogP contribution in [-0.2, 0) is 25.5 Å². The summed E-state index contributed by atoms with van der Waals surface area (Å²) in [5.41, 5.74) is 0.999. The molecule has 0 bridgehead atoms. The molecular formula is C24H34N2O5. The number of amides is 2. The Morgan fingerprint density at radius 3 is 2.48 bits per heavy atom. The number of benzene rings is 1. The lowest BCUT2D eigenvalue weighted by Gasteiger charge is -2.20. The molecular weight excluding hydrogens is 396 g/mol. The van der Waals surface area contributed by atoms with Crippen LogP contribution in [0, 0.1) is 5.92 Å². The molecule has 7 heteroatoms. The number of hydrogen-bond acceptors (Lipinski definition) is 5. The van der Waals surface area contributed by atoms with Gasteiger partial charge in [0, 0.05) is 12.8 Å². The van der Waals surface area contributed by atoms with E-state index in [0.717, 1.165) is 5.56 Å². The van der Waals surface area contributed by atoms with E-state index in [1.807, 2.05) is 30.3 Å². The fourth-order valence-electron chi connectivity index (χ4n) is 2.99. The highest BCUT2D eigenvalue weighted by molar-refractivity contribution is 5.86. The highest BCUT2D eigenvalue weighted by atomic mass is 16.5. The maximum atomic E-state index is 12.5. The second-order valence-electron chi connectivity index (χ2n) is 7.44. The van der Waals surface area contributed by atoms with E-state index >= 15 is 0 Å². The molecule has 1 rings (SSSR count). The summed E-state index contributed by atoms with van der Waals surface area (Å²) in [4.78, 5) is 36.6. The van der Waals surface area contributed by atoms with Crippen LogP contribution in [0.2, 0.25) is 0 Å². The minimum atomic E-state index is -0.600. The van der Waals surface area contributed by atoms with Gasteiger partial charge in [-0.15, -0.1) is 13.2 Å². The fourth-order valence-corrected chi connectivity index (χ4v) is 2.99. The zero-order chi connectivity index (χ0) is 23.1. The molecule has 2 amide bonds. The van der Waals surface area contributed by atoms with Crippen LogP contribution in [0.25, 0.3) is 0 Å². The van der Waals surface area contributed by atoms with Gasteiger partial charge >= 0.3 is 5.97 Å². The fraction of sp³-hybridized carbons (Fsp3) is 0.458. The number of rotatable bonds is 15. The summed E-state index contributed by atoms with van der Waals surface area (Å²) in [6.45, 7) is 8.86. The summed E-state index contributed by atoms with van der Waals surface area (Å²) in [6.07, 6.45) is 4.32. The summed E-state index contributed by atoms with van der Waals surface area (Å²) in [7, 11) is 0. The molecule has 0 saturated heterocycles. The molecule has 0 aliphatic carbocycles. The van der Waals surface area contributed by atoms with Gasteiger partial charge < -0.3 is 20.5 Å². The predicted octanol–water partition coefficient (Wildman–Crippen LogP) is 2.30. The first-order valence-electron chi connectivity index (χ1n) is 10.5. The number of ether oxygens (including phenoxy) is 1. The van der Waals surface area contributed by atoms with E-state index in [2.05, 4.69) is 23.8 Å². The number of aliphatic hydroxyl groups is 1. The first-order valence-corrected chi connectivity index (χ1v) is 10.5. The summed E-state index contributed by atoms with van der Waals surface area (Å²) in [5, 5.41) is 15.1. The third-order valence-electron chi connectivity index (χ3n) is 4.61. The first kappa shape index (κ1) is 26.1. The van der Waals surface area contributed by atoms with Gasteiger partial charge in [-0.3, -0.25) is 14.4 Å². The Morgan fingerprint density at radius 1 is 1.16 bits per heavy atom. The van der Waals surface area contributed by atoms with Gasteiger partial charge in [0.2, 0.25) is 11.8 Å². The first-order chi connectivity index (χ1) is 14.9. The van der Waals surface area contributed by atoms with E-state index in [4.69, 9.17) is 4.74 Å². The molecule has 0 radical (unpaired) electrons. The zero-order valence-electron chi connectivity index (χ0n) is 18.2. The molecule has 0 fully saturated rings. The summed E-state index contributed by atoms with van der Waals surface area (Å²) >= 11 is 0. The number of allylic oxidation sites excluding steroid dienone is 2. The van der Waals surface area contributed by atoms with E-state index < -0.39 is 18.1 Å². The molecule has 0 saturated carbocycles. The van der Waals surface area contributed by atoms with Crippen LogP contribution in [0.1, 0.15) is 38.2 Å². The third kappa shape index (κ3) is 11.1. The summed E-state index contributed by atoms with van der Waals surface area (Å²) in [5.74, 6) is -1.58. The molecule has 7 nitrogen and oxygen atoms in total. The molecule has 0 spiro atoms. The highest BCUT2D eigenvalue weighted by Gasteiger charge is 2.23. The predicted molar refractivity (Wildman–Crippen MR) is 120 cm³/mol. The van der Waals surface area contributed by atoms with Gasteiger partial charge in [-0.2, -0.15) is 0 Å². The largest absolute Gasteiger partial charge is 0.461 e. The molecule has 0 unspecified atom stereocenters. The number of hydrogen-bond donors (Lipinski definition) is 3. The van der Waals surface area contributed by atoms with Gasteiger partial charge in [-0.25, -0.2) is 0 Å². The molecule has 0 aliphatic rings. The van der Waals surface area contributed by atoms with E-state index in [9.17, 15) is 19.5 Å². The standard InChI is InChI=1S/C24H34N2O5/c1-4-6-13-23(29)31-18(3)16-25-24(30)20(10-5-2)15-22(28)26-21(17-27)14-19-11-8-7-9-12-19/h4-5,7-9,11-12,18,20-21,27H,1-2,6,10,13-17H2,3H3,(H,25,30)(H,26,28)/t18-,20+,21+/m0/s1. The van der Waals surface area contributed by atoms with E-state index in [0.29, 0.717) is 19.3 Å². The Labute approximate surface area is 184 Å². The van der Waals surface area contributed by atoms with Gasteiger partial charge in [0.25, 0.3) is 0 Å². The molecule has 170 valence electrons. The summed E-state index contributed by atoms with van der Waals surface area (Å²) < 4.78 is 5.22. The number of carbonyl (C=O) groups excluding carboxylic acids is 3. The lowest BCUT2D eigenvalue weighted by molar-refractivity contribution is -0.148. The van der Waals surface area contributed by atoms with Crippen LogP contribution in [0.4, 0.5) is 0 Å². The Balaban J connectivity index is 2.52. The molecule has 0 aromatic heterocycles. The number of aliphatic hydroxyl groups excluding tert-OH is 1. The van der Waals surface area contributed by atoms with Crippen molar-refractivity contribution in [1.82, 2.24) is 10.6 Å². The van der Waals surface area contributed by atoms with Gasteiger partial charge in [0.05, 0.1) is 25.1 Å². The average molecular weight is 431 g/mol. The van der Waals surface area contributed by atoms with E-state index in [-0.39, 0.29) is 43.8 Å². The molecule has 3 N–H and O–H groups in total. The van der Waals surface area contributed by atoms with Crippen LogP contribution in [0.5, 0.6) is 0 Å². The quantitative estimate of drug-likeness (QED) is 0.293. The van der Waals surface area contributed by atoms with E-state index in [1.165, 1.54) is 0 Å². The van der Waals surface area contributed by atoms with Crippen LogP contribution in [0.3, 0.4) is 0 Å². The van der Waals surface area contributed by atoms with Gasteiger partial charge in [0.15, 0.2) is 0 Å². The van der Waals surface area contributed by atoms with Crippen LogP contribution in [0.15, 0.2) is 55.6 Å². The van der Waals surface area contributed by atoms with Gasteiger partial charge in [0.1, 0.15) is 6.10 Å². The van der Waals surface area contributed by atoms with Gasteiger partial charge in [-0.05, 0) is 31.7 Å². The Bertz CT molecular complexity index is 720. The Hall–Kier alpha value is -2.93. The van der Waals surface area contributed by atoms with Crippen molar-refractivity contribution in [3.8, 4) is 0 Å². The second kappa shape index (κ2) is 15.0. The van der Waals surface area contributed by atoms with Crippen molar-refractivity contribution in [1.29, 1.82) is 0 Å². The Morgan fingerprint density at radius 2 is 1.87 bits per heavy atom. The summed E-state index contributed by atoms with van der Waals surface area (Å²) in [6, 6.07) is 9.11. The molecule has 0 aliphatic heterocycles. The SMILES string of the molecule is C=CCCC(=O)O[C@@H](C)CNC(=O)[C@H](CC=C)CC(=O)N[C@@H](CO)Cc1ccccc1. The maximum absolute atomic E-state index is 12.5. The third-order valence-corrected chi connectivity index (χ3v) is 4.61. The maximum Gasteiger partial charge on any atom is 0.306 e. The minimum Gasteiger partial charge on any atom is -0.461 e. The highest BCUT2D eigenvalue weighted by Crippen LogP contribution is 2.11. The molecule has 3 atom stereocenters. The van der Waals surface area contributed by atoms with Crippen LogP contribution in [-0.4, -0.2) is 48.2 Å². The Kier molecular flexibility index (Phi) is 12.6. The van der Waals surface area contributed by atoms with Crippen molar-refractivity contribution in [2.75, 3.05) is 13.2 Å². The van der Waals surface area contributed by atoms with Crippen molar-refractivity contribution in [3.63, 3.8) is 0 Å². The molecule has 1 aromatic carbocycles. The van der Waals surface area contributed by atoms with Crippen LogP contribution >= 0.6 is 0 Å². The van der Waals surface area contributed by atoms with Crippen molar-refractivity contribution < 1.29 is 24.2 Å². The minimum absolute atomic E-state index is 0.0311. The normalized spacial score (nSPS) is 13.4. The zero-order valence-corrected chi connectivity index (χ0v) is 18.2. The van der Waals surface area contributed by atoms with Gasteiger partial charge in [-0.1, -0.05) is 42.5 Å². The molecule has 0 heterocycles. The lowest BCUT2D eigenvalue weighted by Crippen LogP contribution is -2.42. The number of esters is 1. The molecule has 1 aromatic rings. The smallest absolute Gasteiger partial charge is 0.306 e. The topological polar surface area (TPSA) is 105 Å². The average Bonchev–Trinajstić information content (AvgIpc) is 2.75. The molecule has 31 heavy (non-hydrogen) atoms. The second-order valence-corrected chi connectivity index (χ2v) is 7.44. The van der Waals surface area contributed by atoms with E-state index in [1.54, 1.807) is 19.1 Å². The van der Waals surface area contributed by atoms with Crippen molar-refractivity contribution in [3.05, 3.63) is 61.2 Å². The van der Waals surface area contributed by atoms with Crippen molar-refractivity contribution in [2.24, 2.45) is 5.92 Å². The number of nitrogens with one attached hydrogen (secondary N) is 2. The lowest BCUT2D eigenvalue weighted by atomic mass is 9.99. The monoisotopic (exact) mass is 430 g/mol. The van der Waals surface area contributed by atoms with Crippen molar-refractivity contribution in [2.45, 2.75) is 51.2 Å².